The Bertz CT molecular complexity index is 7.51. The van der Waals surface area contributed by atoms with Crippen molar-refractivity contribution in [3.63, 3.8) is 0 Å². The molecule has 0 saturated heterocycles. The molecule has 0 nitrogen and oxygen atoms in total. The molecule has 0 unspecified atom stereocenters. The summed E-state index contributed by atoms with van der Waals surface area (Å²) in [4.78, 5) is 0. The van der Waals surface area contributed by atoms with Crippen LogP contribution in [0.15, 0.2) is 0 Å². The van der Waals surface area contributed by atoms with Gasteiger partial charge < -0.3 is 0 Å². The van der Waals surface area contributed by atoms with Crippen LogP contribution in [-0.2, 0) is 0 Å². The Morgan fingerprint density at radius 2 is 1.00 bits per heavy atom. The zero-order valence-corrected chi connectivity index (χ0v) is 16.9. The van der Waals surface area contributed by atoms with Gasteiger partial charge in [0.05, 0.1) is 0 Å². The quantitative estimate of drug-likeness (QED) is 0.464. The van der Waals surface area contributed by atoms with Crippen molar-refractivity contribution in [3.05, 3.63) is 0 Å². The van der Waals surface area contributed by atoms with Crippen molar-refractivity contribution in [2.24, 2.45) is 0 Å². The fourth-order valence-electron chi connectivity index (χ4n) is 0. The maximum absolute atomic E-state index is 1.51. The first-order chi connectivity index (χ1) is 1.91. The molecule has 0 aromatic rings. The SMILES string of the molecule is [In].[In].[In][CH2][CH2][In]. The van der Waals surface area contributed by atoms with E-state index in [2.05, 4.69) is 0 Å². The molecule has 0 aromatic heterocycles. The van der Waals surface area contributed by atoms with E-state index in [0.717, 1.165) is 0 Å². The van der Waals surface area contributed by atoms with Crippen molar-refractivity contribution in [2.75, 3.05) is 0 Å². The fourth-order valence-corrected chi connectivity index (χ4v) is 0. The molecule has 6 heavy (non-hydrogen) atoms. The molecule has 0 aliphatic heterocycles. The normalized spacial score (nSPS) is 4.67. The summed E-state index contributed by atoms with van der Waals surface area (Å²) < 4.78 is 3.01. The molecule has 0 bridgehead atoms. The van der Waals surface area contributed by atoms with Crippen molar-refractivity contribution in [1.29, 1.82) is 0 Å². The fraction of sp³-hybridized carbons (Fsp3) is 1.00. The van der Waals surface area contributed by atoms with Crippen molar-refractivity contribution < 1.29 is 0 Å². The second-order valence-electron chi connectivity index (χ2n) is 0.577. The van der Waals surface area contributed by atoms with Crippen LogP contribution in [0.25, 0.3) is 0 Å². The van der Waals surface area contributed by atoms with Gasteiger partial charge in [-0.1, -0.05) is 0 Å². The molecule has 0 aliphatic carbocycles. The molecule has 4 heteroatoms. The number of hydrogen-bond donors (Lipinski definition) is 0. The first kappa shape index (κ1) is 16.2. The molecule has 0 heterocycles. The van der Waals surface area contributed by atoms with Crippen LogP contribution in [0.3, 0.4) is 0 Å². The Morgan fingerprint density at radius 1 is 0.833 bits per heavy atom. The topological polar surface area (TPSA) is 0 Å². The van der Waals surface area contributed by atoms with Gasteiger partial charge in [-0.25, -0.2) is 0 Å². The monoisotopic (exact) mass is 488 g/mol. The third kappa shape index (κ3) is 15.6. The Balaban J connectivity index is -0.0000000450. The summed E-state index contributed by atoms with van der Waals surface area (Å²) in [5.74, 6) is 0. The van der Waals surface area contributed by atoms with Gasteiger partial charge >= 0.3 is 57.1 Å². The van der Waals surface area contributed by atoms with Gasteiger partial charge in [0, 0.05) is 51.7 Å². The van der Waals surface area contributed by atoms with Crippen LogP contribution in [0.4, 0.5) is 0 Å². The van der Waals surface area contributed by atoms with E-state index in [4.69, 9.17) is 0 Å². The summed E-state index contributed by atoms with van der Waals surface area (Å²) >= 11 is 2.95. The zero-order valence-electron chi connectivity index (χ0n) is 3.72. The van der Waals surface area contributed by atoms with Crippen molar-refractivity contribution >= 4 is 100 Å². The third-order valence-electron chi connectivity index (χ3n) is 0.167. The molecule has 0 aliphatic rings. The van der Waals surface area contributed by atoms with Gasteiger partial charge in [-0.15, -0.1) is 0 Å². The maximum atomic E-state index is 1.51. The van der Waals surface area contributed by atoms with Gasteiger partial charge in [0.25, 0.3) is 0 Å². The van der Waals surface area contributed by atoms with Crippen molar-refractivity contribution in [3.8, 4) is 0 Å². The molecule has 0 saturated carbocycles. The van der Waals surface area contributed by atoms with E-state index in [0.29, 0.717) is 0 Å². The summed E-state index contributed by atoms with van der Waals surface area (Å²) in [7, 11) is 0. The average molecular weight is 487 g/mol. The minimum absolute atomic E-state index is 0. The van der Waals surface area contributed by atoms with E-state index < -0.39 is 0 Å². The van der Waals surface area contributed by atoms with Crippen LogP contribution < -0.4 is 0 Å². The Labute approximate surface area is 106 Å². The zero-order chi connectivity index (χ0) is 3.41. The van der Waals surface area contributed by atoms with Gasteiger partial charge in [-0.05, 0) is 0 Å². The van der Waals surface area contributed by atoms with Crippen LogP contribution in [0.2, 0.25) is 8.35 Å². The van der Waals surface area contributed by atoms with E-state index in [1.54, 1.807) is 0 Å². The Kier molecular flexibility index (Phi) is 42.8. The number of rotatable bonds is 1. The second-order valence-corrected chi connectivity index (χ2v) is 3.87. The first-order valence-electron chi connectivity index (χ1n) is 1.32. The molecule has 0 N–H and O–H groups in total. The van der Waals surface area contributed by atoms with E-state index in [9.17, 15) is 0 Å². The van der Waals surface area contributed by atoms with Gasteiger partial charge in [0.1, 0.15) is 0 Å². The van der Waals surface area contributed by atoms with Gasteiger partial charge in [-0.3, -0.25) is 0 Å². The van der Waals surface area contributed by atoms with Crippen molar-refractivity contribution in [1.82, 2.24) is 0 Å². The van der Waals surface area contributed by atoms with E-state index >= 15 is 0 Å². The van der Waals surface area contributed by atoms with Crippen LogP contribution in [0, 0.1) is 0 Å². The van der Waals surface area contributed by atoms with Gasteiger partial charge in [0.15, 0.2) is 0 Å². The standard InChI is InChI=1S/C2H4.4In/c1-2;;;;/h1-2H2;;;;. The van der Waals surface area contributed by atoms with Gasteiger partial charge in [-0.2, -0.15) is 0 Å². The van der Waals surface area contributed by atoms with Crippen LogP contribution in [-0.4, -0.2) is 100 Å². The molecule has 0 rings (SSSR count). The molecule has 24 valence electrons. The van der Waals surface area contributed by atoms with E-state index in [1.165, 1.54) is 57.1 Å². The average Bonchev–Trinajstić information content (AvgIpc) is 1.37. The molecule has 0 amide bonds. The molecule has 0 spiro atoms. The number of hydrogen-bond acceptors (Lipinski definition) is 0. The van der Waals surface area contributed by atoms with E-state index in [-0.39, 0.29) is 51.7 Å². The summed E-state index contributed by atoms with van der Waals surface area (Å²) in [5.41, 5.74) is 0. The summed E-state index contributed by atoms with van der Waals surface area (Å²) in [6.45, 7) is 0. The Hall–Kier alpha value is 3.48. The molecular formula is C2H4In4. The Morgan fingerprint density at radius 3 is 1.00 bits per heavy atom. The van der Waals surface area contributed by atoms with Crippen molar-refractivity contribution in [2.45, 2.75) is 8.35 Å². The third-order valence-corrected chi connectivity index (χ3v) is 7.50. The van der Waals surface area contributed by atoms with Crippen LogP contribution in [0.1, 0.15) is 0 Å². The minimum atomic E-state index is 0. The second kappa shape index (κ2) is 15.8. The molecule has 0 atom stereocenters. The summed E-state index contributed by atoms with van der Waals surface area (Å²) in [5, 5.41) is 0. The van der Waals surface area contributed by atoms with Crippen LogP contribution >= 0.6 is 0 Å². The molecular weight excluding hydrogens is 483 g/mol. The van der Waals surface area contributed by atoms with Crippen LogP contribution in [0.5, 0.6) is 0 Å². The predicted molar refractivity (Wildman–Crippen MR) is 32.6 cm³/mol. The predicted octanol–water partition coefficient (Wildman–Crippen LogP) is -0.602. The molecule has 10 radical (unpaired) electrons. The van der Waals surface area contributed by atoms with E-state index in [1.807, 2.05) is 0 Å². The molecule has 0 fully saturated rings. The first-order valence-corrected chi connectivity index (χ1v) is 5.98. The summed E-state index contributed by atoms with van der Waals surface area (Å²) in [6, 6.07) is 0. The molecule has 0 aromatic carbocycles. The van der Waals surface area contributed by atoms with Gasteiger partial charge in [0.2, 0.25) is 0 Å². The summed E-state index contributed by atoms with van der Waals surface area (Å²) in [6.07, 6.45) is 0.